The van der Waals surface area contributed by atoms with Gasteiger partial charge in [-0.05, 0) is 102 Å². The summed E-state index contributed by atoms with van der Waals surface area (Å²) >= 11 is 0. The zero-order valence-electron chi connectivity index (χ0n) is 18.6. The molecule has 1 aromatic carbocycles. The quantitative estimate of drug-likeness (QED) is 0.659. The molecule has 0 saturated heterocycles. The SMILES string of the molecule is CC12CCC3c4ccc(C(=O)NCCCO)cc4CCC3C1CC=C2c1cncc(F)c1. The Kier molecular flexibility index (Phi) is 5.62. The van der Waals surface area contributed by atoms with Crippen molar-refractivity contribution < 1.29 is 14.3 Å². The summed E-state index contributed by atoms with van der Waals surface area (Å²) in [5, 5.41) is 11.8. The van der Waals surface area contributed by atoms with Crippen LogP contribution in [-0.2, 0) is 6.42 Å². The van der Waals surface area contributed by atoms with Gasteiger partial charge in [-0.15, -0.1) is 0 Å². The van der Waals surface area contributed by atoms with Crippen LogP contribution >= 0.6 is 0 Å². The molecule has 1 aromatic heterocycles. The van der Waals surface area contributed by atoms with Crippen LogP contribution in [0.4, 0.5) is 4.39 Å². The molecule has 1 saturated carbocycles. The summed E-state index contributed by atoms with van der Waals surface area (Å²) in [6.45, 7) is 2.94. The van der Waals surface area contributed by atoms with Crippen LogP contribution in [0.2, 0.25) is 0 Å². The van der Waals surface area contributed by atoms with Gasteiger partial charge in [-0.2, -0.15) is 0 Å². The molecule has 0 spiro atoms. The van der Waals surface area contributed by atoms with Crippen LogP contribution in [0, 0.1) is 23.1 Å². The number of aliphatic hydroxyl groups excluding tert-OH is 1. The van der Waals surface area contributed by atoms with E-state index in [9.17, 15) is 9.18 Å². The van der Waals surface area contributed by atoms with Gasteiger partial charge >= 0.3 is 0 Å². The van der Waals surface area contributed by atoms with Crippen molar-refractivity contribution in [3.63, 3.8) is 0 Å². The smallest absolute Gasteiger partial charge is 0.251 e. The van der Waals surface area contributed by atoms with E-state index in [1.807, 2.05) is 6.07 Å². The predicted molar refractivity (Wildman–Crippen MR) is 123 cm³/mol. The number of hydrogen-bond donors (Lipinski definition) is 2. The fraction of sp³-hybridized carbons (Fsp3) is 0.481. The molecule has 2 N–H and O–H groups in total. The van der Waals surface area contributed by atoms with E-state index in [0.717, 1.165) is 37.7 Å². The van der Waals surface area contributed by atoms with Gasteiger partial charge < -0.3 is 10.4 Å². The monoisotopic (exact) mass is 434 g/mol. The fourth-order valence-electron chi connectivity index (χ4n) is 6.68. The summed E-state index contributed by atoms with van der Waals surface area (Å²) in [5.74, 6) is 1.37. The lowest BCUT2D eigenvalue weighted by atomic mass is 9.54. The van der Waals surface area contributed by atoms with Crippen LogP contribution in [0.25, 0.3) is 5.57 Å². The number of aromatic nitrogens is 1. The largest absolute Gasteiger partial charge is 0.396 e. The van der Waals surface area contributed by atoms with Crippen LogP contribution in [0.5, 0.6) is 0 Å². The van der Waals surface area contributed by atoms with Gasteiger partial charge in [0, 0.05) is 24.9 Å². The van der Waals surface area contributed by atoms with E-state index >= 15 is 0 Å². The number of carbonyl (C=O) groups is 1. The van der Waals surface area contributed by atoms with Crippen molar-refractivity contribution in [2.75, 3.05) is 13.2 Å². The highest BCUT2D eigenvalue weighted by molar-refractivity contribution is 5.94. The third-order valence-corrected chi connectivity index (χ3v) is 8.21. The second-order valence-corrected chi connectivity index (χ2v) is 9.86. The Hall–Kier alpha value is -2.53. The highest BCUT2D eigenvalue weighted by atomic mass is 19.1. The molecular weight excluding hydrogens is 403 g/mol. The van der Waals surface area contributed by atoms with Gasteiger partial charge in [0.2, 0.25) is 0 Å². The summed E-state index contributed by atoms with van der Waals surface area (Å²) in [5.41, 5.74) is 5.71. The first kappa shape index (κ1) is 21.3. The van der Waals surface area contributed by atoms with Crippen molar-refractivity contribution >= 4 is 11.5 Å². The number of nitrogens with zero attached hydrogens (tertiary/aromatic N) is 1. The van der Waals surface area contributed by atoms with Gasteiger partial charge in [0.05, 0.1) is 6.20 Å². The first-order valence-electron chi connectivity index (χ1n) is 11.8. The topological polar surface area (TPSA) is 62.2 Å². The van der Waals surface area contributed by atoms with Crippen molar-refractivity contribution in [2.24, 2.45) is 17.3 Å². The average molecular weight is 435 g/mol. The van der Waals surface area contributed by atoms with Crippen LogP contribution in [0.15, 0.2) is 42.7 Å². The van der Waals surface area contributed by atoms with Crippen molar-refractivity contribution in [3.05, 3.63) is 70.8 Å². The standard InChI is InChI=1S/C27H31FN2O2/c1-27-10-9-22-21-5-4-18(26(32)30-11-2-12-31)13-17(21)3-6-23(22)25(27)8-7-24(27)19-14-20(28)16-29-15-19/h4-5,7,13-16,22-23,25,31H,2-3,6,8-12H2,1H3,(H,30,32). The number of nitrogens with one attached hydrogen (secondary N) is 1. The van der Waals surface area contributed by atoms with E-state index in [1.165, 1.54) is 22.9 Å². The maximum Gasteiger partial charge on any atom is 0.251 e. The van der Waals surface area contributed by atoms with Crippen LogP contribution in [-0.4, -0.2) is 29.1 Å². The highest BCUT2D eigenvalue weighted by Crippen LogP contribution is 2.63. The van der Waals surface area contributed by atoms with Gasteiger partial charge in [0.15, 0.2) is 0 Å². The molecule has 2 aromatic rings. The molecule has 5 rings (SSSR count). The lowest BCUT2D eigenvalue weighted by Gasteiger charge is -2.50. The summed E-state index contributed by atoms with van der Waals surface area (Å²) in [7, 11) is 0. The number of aryl methyl sites for hydroxylation is 1. The number of aliphatic hydroxyl groups is 1. The third kappa shape index (κ3) is 3.57. The maximum absolute atomic E-state index is 13.9. The Labute approximate surface area is 189 Å². The molecule has 0 aliphatic heterocycles. The zero-order chi connectivity index (χ0) is 22.3. The molecule has 0 bridgehead atoms. The number of allylic oxidation sites excluding steroid dienone is 2. The van der Waals surface area contributed by atoms with E-state index in [1.54, 1.807) is 12.3 Å². The zero-order valence-corrected chi connectivity index (χ0v) is 18.6. The summed E-state index contributed by atoms with van der Waals surface area (Å²) < 4.78 is 13.9. The van der Waals surface area contributed by atoms with Gasteiger partial charge in [0.25, 0.3) is 5.91 Å². The second kappa shape index (κ2) is 8.43. The molecule has 4 nitrogen and oxygen atoms in total. The molecule has 4 atom stereocenters. The number of hydrogen-bond acceptors (Lipinski definition) is 3. The summed E-state index contributed by atoms with van der Waals surface area (Å²) in [4.78, 5) is 16.5. The number of pyridine rings is 1. The number of rotatable bonds is 5. The van der Waals surface area contributed by atoms with E-state index in [2.05, 4.69) is 35.4 Å². The van der Waals surface area contributed by atoms with E-state index in [-0.39, 0.29) is 23.7 Å². The van der Waals surface area contributed by atoms with Crippen molar-refractivity contribution in [3.8, 4) is 0 Å². The van der Waals surface area contributed by atoms with Crippen LogP contribution in [0.1, 0.15) is 72.0 Å². The Morgan fingerprint density at radius 3 is 2.97 bits per heavy atom. The normalized spacial score (nSPS) is 28.3. The maximum atomic E-state index is 13.9. The van der Waals surface area contributed by atoms with Gasteiger partial charge in [0.1, 0.15) is 5.82 Å². The number of carbonyl (C=O) groups excluding carboxylic acids is 1. The number of amides is 1. The Morgan fingerprint density at radius 1 is 1.28 bits per heavy atom. The molecule has 32 heavy (non-hydrogen) atoms. The highest BCUT2D eigenvalue weighted by Gasteiger charge is 2.51. The molecule has 1 fully saturated rings. The van der Waals surface area contributed by atoms with Crippen LogP contribution < -0.4 is 5.32 Å². The second-order valence-electron chi connectivity index (χ2n) is 9.86. The van der Waals surface area contributed by atoms with Crippen LogP contribution in [0.3, 0.4) is 0 Å². The fourth-order valence-corrected chi connectivity index (χ4v) is 6.68. The first-order chi connectivity index (χ1) is 15.5. The Bertz CT molecular complexity index is 1070. The van der Waals surface area contributed by atoms with Crippen molar-refractivity contribution in [2.45, 2.75) is 51.4 Å². The van der Waals surface area contributed by atoms with Gasteiger partial charge in [-0.1, -0.05) is 19.1 Å². The molecule has 3 aliphatic rings. The minimum Gasteiger partial charge on any atom is -0.396 e. The molecule has 5 heteroatoms. The van der Waals surface area contributed by atoms with E-state index in [0.29, 0.717) is 36.3 Å². The van der Waals surface area contributed by atoms with Gasteiger partial charge in [-0.25, -0.2) is 4.39 Å². The number of fused-ring (bicyclic) bond motifs is 5. The molecule has 168 valence electrons. The number of halogens is 1. The molecule has 1 amide bonds. The lowest BCUT2D eigenvalue weighted by Crippen LogP contribution is -2.41. The third-order valence-electron chi connectivity index (χ3n) is 8.21. The van der Waals surface area contributed by atoms with E-state index in [4.69, 9.17) is 5.11 Å². The lowest BCUT2D eigenvalue weighted by molar-refractivity contribution is 0.0884. The minimum atomic E-state index is -0.271. The number of benzene rings is 1. The first-order valence-corrected chi connectivity index (χ1v) is 11.8. The molecule has 3 aliphatic carbocycles. The summed E-state index contributed by atoms with van der Waals surface area (Å²) in [6.07, 6.45) is 11.4. The molecule has 4 unspecified atom stereocenters. The summed E-state index contributed by atoms with van der Waals surface area (Å²) in [6, 6.07) is 7.84. The van der Waals surface area contributed by atoms with Gasteiger partial charge in [-0.3, -0.25) is 9.78 Å². The predicted octanol–water partition coefficient (Wildman–Crippen LogP) is 4.88. The Balaban J connectivity index is 1.36. The minimum absolute atomic E-state index is 0.0621. The molecule has 1 heterocycles. The average Bonchev–Trinajstić information content (AvgIpc) is 3.16. The molecular formula is C27H31FN2O2. The Morgan fingerprint density at radius 2 is 2.16 bits per heavy atom. The molecule has 0 radical (unpaired) electrons. The van der Waals surface area contributed by atoms with Crippen molar-refractivity contribution in [1.82, 2.24) is 10.3 Å². The van der Waals surface area contributed by atoms with Crippen molar-refractivity contribution in [1.29, 1.82) is 0 Å². The van der Waals surface area contributed by atoms with E-state index < -0.39 is 0 Å².